The number of rotatable bonds is 1. The molecule has 8 aromatic rings. The average molecular weight is 484 g/mol. The highest BCUT2D eigenvalue weighted by Crippen LogP contribution is 2.42. The van der Waals surface area contributed by atoms with E-state index in [1.165, 1.54) is 64.5 Å². The minimum atomic E-state index is 0.819. The van der Waals surface area contributed by atoms with Crippen molar-refractivity contribution in [1.82, 2.24) is 4.57 Å². The summed E-state index contributed by atoms with van der Waals surface area (Å²) in [4.78, 5) is 0. The molecule has 0 fully saturated rings. The van der Waals surface area contributed by atoms with E-state index in [0.717, 1.165) is 9.72 Å². The standard InChI is InChI=1S/C32H18ClNS/c33-27-11-5-10-25-24-16-14-21(18-29(24)35-32(25)27)34-28-17-13-19-6-1-3-8-22(19)30(28)26-15-12-20-7-2-4-9-23(20)31(26)34/h1-18H. The maximum atomic E-state index is 6.55. The quantitative estimate of drug-likeness (QED) is 0.219. The summed E-state index contributed by atoms with van der Waals surface area (Å²) >= 11 is 8.32. The molecule has 2 aromatic heterocycles. The van der Waals surface area contributed by atoms with E-state index in [1.54, 1.807) is 11.3 Å². The molecule has 3 heteroatoms. The zero-order valence-electron chi connectivity index (χ0n) is 18.6. The van der Waals surface area contributed by atoms with E-state index >= 15 is 0 Å². The molecule has 8 rings (SSSR count). The van der Waals surface area contributed by atoms with Crippen LogP contribution in [0.4, 0.5) is 0 Å². The predicted octanol–water partition coefficient (Wildman–Crippen LogP) is 10.1. The lowest BCUT2D eigenvalue weighted by atomic mass is 10.0. The van der Waals surface area contributed by atoms with Gasteiger partial charge >= 0.3 is 0 Å². The van der Waals surface area contributed by atoms with Crippen molar-refractivity contribution in [2.24, 2.45) is 0 Å². The number of fused-ring (bicyclic) bond motifs is 10. The van der Waals surface area contributed by atoms with Crippen LogP contribution in [0.3, 0.4) is 0 Å². The summed E-state index contributed by atoms with van der Waals surface area (Å²) in [7, 11) is 0. The third kappa shape index (κ3) is 2.64. The van der Waals surface area contributed by atoms with Crippen LogP contribution >= 0.6 is 22.9 Å². The van der Waals surface area contributed by atoms with E-state index in [4.69, 9.17) is 11.6 Å². The van der Waals surface area contributed by atoms with Gasteiger partial charge in [0, 0.05) is 37.3 Å². The van der Waals surface area contributed by atoms with Gasteiger partial charge in [0.25, 0.3) is 0 Å². The van der Waals surface area contributed by atoms with E-state index in [2.05, 4.69) is 102 Å². The van der Waals surface area contributed by atoms with Crippen molar-refractivity contribution < 1.29 is 0 Å². The molecule has 2 heterocycles. The topological polar surface area (TPSA) is 4.93 Å². The predicted molar refractivity (Wildman–Crippen MR) is 154 cm³/mol. The summed E-state index contributed by atoms with van der Waals surface area (Å²) in [5.41, 5.74) is 3.66. The molecule has 0 aliphatic heterocycles. The molecule has 0 aliphatic rings. The van der Waals surface area contributed by atoms with Gasteiger partial charge in [0.2, 0.25) is 0 Å². The van der Waals surface area contributed by atoms with Gasteiger partial charge in [-0.1, -0.05) is 96.5 Å². The Hall–Kier alpha value is -3.85. The van der Waals surface area contributed by atoms with Crippen molar-refractivity contribution >= 4 is 86.5 Å². The van der Waals surface area contributed by atoms with Crippen molar-refractivity contribution in [2.75, 3.05) is 0 Å². The van der Waals surface area contributed by atoms with E-state index in [-0.39, 0.29) is 0 Å². The lowest BCUT2D eigenvalue weighted by Gasteiger charge is -2.10. The van der Waals surface area contributed by atoms with Gasteiger partial charge in [-0.25, -0.2) is 0 Å². The first-order valence-electron chi connectivity index (χ1n) is 11.7. The Morgan fingerprint density at radius 3 is 2.17 bits per heavy atom. The number of aromatic nitrogens is 1. The molecule has 164 valence electrons. The molecule has 0 bridgehead atoms. The normalized spacial score (nSPS) is 12.1. The van der Waals surface area contributed by atoms with E-state index in [9.17, 15) is 0 Å². The number of benzene rings is 6. The van der Waals surface area contributed by atoms with Crippen LogP contribution in [0.15, 0.2) is 109 Å². The van der Waals surface area contributed by atoms with Crippen LogP contribution in [-0.4, -0.2) is 4.57 Å². The molecule has 0 saturated carbocycles. The second kappa shape index (κ2) is 7.08. The SMILES string of the molecule is Clc1cccc2c1sc1cc(-n3c4ccc5ccccc5c4c4ccc5ccccc5c43)ccc12. The lowest BCUT2D eigenvalue weighted by molar-refractivity contribution is 1.19. The van der Waals surface area contributed by atoms with Crippen molar-refractivity contribution in [3.05, 3.63) is 114 Å². The summed E-state index contributed by atoms with van der Waals surface area (Å²) in [5, 5.41) is 11.0. The maximum absolute atomic E-state index is 6.55. The molecule has 0 radical (unpaired) electrons. The second-order valence-corrected chi connectivity index (χ2v) is 10.6. The maximum Gasteiger partial charge on any atom is 0.0619 e. The Morgan fingerprint density at radius 1 is 0.571 bits per heavy atom. The molecule has 6 aromatic carbocycles. The molecule has 0 amide bonds. The van der Waals surface area contributed by atoms with E-state index in [0.29, 0.717) is 0 Å². The van der Waals surface area contributed by atoms with Gasteiger partial charge in [-0.3, -0.25) is 0 Å². The van der Waals surface area contributed by atoms with Crippen LogP contribution in [0, 0.1) is 0 Å². The van der Waals surface area contributed by atoms with Gasteiger partial charge in [0.05, 0.1) is 20.8 Å². The summed E-state index contributed by atoms with van der Waals surface area (Å²) in [6, 6.07) is 39.5. The van der Waals surface area contributed by atoms with Crippen molar-refractivity contribution in [3.8, 4) is 5.69 Å². The number of nitrogens with zero attached hydrogens (tertiary/aromatic N) is 1. The van der Waals surface area contributed by atoms with Crippen LogP contribution in [0.1, 0.15) is 0 Å². The Labute approximate surface area is 210 Å². The van der Waals surface area contributed by atoms with Crippen molar-refractivity contribution in [2.45, 2.75) is 0 Å². The Morgan fingerprint density at radius 2 is 1.29 bits per heavy atom. The summed E-state index contributed by atoms with van der Waals surface area (Å²) in [6.45, 7) is 0. The number of hydrogen-bond donors (Lipinski definition) is 0. The highest BCUT2D eigenvalue weighted by molar-refractivity contribution is 7.26. The monoisotopic (exact) mass is 483 g/mol. The third-order valence-electron chi connectivity index (χ3n) is 7.23. The molecule has 35 heavy (non-hydrogen) atoms. The number of hydrogen-bond acceptors (Lipinski definition) is 1. The van der Waals surface area contributed by atoms with Crippen molar-refractivity contribution in [3.63, 3.8) is 0 Å². The van der Waals surface area contributed by atoms with Gasteiger partial charge in [-0.15, -0.1) is 11.3 Å². The van der Waals surface area contributed by atoms with Crippen LogP contribution in [0.2, 0.25) is 5.02 Å². The molecule has 0 atom stereocenters. The number of halogens is 1. The average Bonchev–Trinajstić information content (AvgIpc) is 3.45. The van der Waals surface area contributed by atoms with Crippen LogP contribution in [-0.2, 0) is 0 Å². The molecule has 0 unspecified atom stereocenters. The first-order valence-corrected chi connectivity index (χ1v) is 12.9. The minimum Gasteiger partial charge on any atom is -0.309 e. The fraction of sp³-hybridized carbons (Fsp3) is 0. The molecule has 0 saturated heterocycles. The fourth-order valence-corrected chi connectivity index (χ4v) is 7.14. The van der Waals surface area contributed by atoms with Crippen molar-refractivity contribution in [1.29, 1.82) is 0 Å². The fourth-order valence-electron chi connectivity index (χ4n) is 5.71. The second-order valence-electron chi connectivity index (χ2n) is 9.10. The zero-order chi connectivity index (χ0) is 23.1. The number of thiophene rings is 1. The Bertz CT molecular complexity index is 2130. The Balaban J connectivity index is 1.57. The largest absolute Gasteiger partial charge is 0.309 e. The van der Waals surface area contributed by atoms with E-state index in [1.807, 2.05) is 12.1 Å². The Kier molecular flexibility index (Phi) is 3.94. The minimum absolute atomic E-state index is 0.819. The highest BCUT2D eigenvalue weighted by atomic mass is 35.5. The highest BCUT2D eigenvalue weighted by Gasteiger charge is 2.18. The summed E-state index contributed by atoms with van der Waals surface area (Å²) < 4.78 is 4.85. The van der Waals surface area contributed by atoms with E-state index < -0.39 is 0 Å². The molecule has 1 nitrogen and oxygen atoms in total. The third-order valence-corrected chi connectivity index (χ3v) is 8.86. The zero-order valence-corrected chi connectivity index (χ0v) is 20.2. The molecular weight excluding hydrogens is 466 g/mol. The van der Waals surface area contributed by atoms with Gasteiger partial charge in [0.1, 0.15) is 0 Å². The smallest absolute Gasteiger partial charge is 0.0619 e. The van der Waals surface area contributed by atoms with Crippen LogP contribution < -0.4 is 0 Å². The molecule has 0 spiro atoms. The van der Waals surface area contributed by atoms with Crippen LogP contribution in [0.25, 0.3) is 69.2 Å². The lowest BCUT2D eigenvalue weighted by Crippen LogP contribution is -1.94. The summed E-state index contributed by atoms with van der Waals surface area (Å²) in [6.07, 6.45) is 0. The van der Waals surface area contributed by atoms with Gasteiger partial charge in [-0.05, 0) is 40.4 Å². The van der Waals surface area contributed by atoms with Gasteiger partial charge in [-0.2, -0.15) is 0 Å². The first-order chi connectivity index (χ1) is 17.3. The van der Waals surface area contributed by atoms with Gasteiger partial charge in [0.15, 0.2) is 0 Å². The van der Waals surface area contributed by atoms with Gasteiger partial charge < -0.3 is 4.57 Å². The summed E-state index contributed by atoms with van der Waals surface area (Å²) in [5.74, 6) is 0. The molecular formula is C32H18ClNS. The molecule has 0 aliphatic carbocycles. The molecule has 0 N–H and O–H groups in total. The first kappa shape index (κ1) is 19.5. The van der Waals surface area contributed by atoms with Crippen LogP contribution in [0.5, 0.6) is 0 Å².